The summed E-state index contributed by atoms with van der Waals surface area (Å²) in [5.41, 5.74) is -0.0639. The molecular formula is C21H30FN3O2. The van der Waals surface area contributed by atoms with Gasteiger partial charge in [-0.25, -0.2) is 4.39 Å². The maximum absolute atomic E-state index is 13.1. The van der Waals surface area contributed by atoms with E-state index < -0.39 is 5.41 Å². The molecule has 1 aromatic carbocycles. The number of carbonyl (C=O) groups is 2. The molecule has 0 bridgehead atoms. The number of hydrogen-bond acceptors (Lipinski definition) is 3. The predicted molar refractivity (Wildman–Crippen MR) is 104 cm³/mol. The second kappa shape index (κ2) is 8.28. The number of nitrogens with zero attached hydrogens (tertiary/aromatic N) is 3. The van der Waals surface area contributed by atoms with Gasteiger partial charge in [0.15, 0.2) is 0 Å². The Morgan fingerprint density at radius 2 is 1.26 bits per heavy atom. The van der Waals surface area contributed by atoms with Gasteiger partial charge in [-0.15, -0.1) is 0 Å². The molecule has 0 N–H and O–H groups in total. The number of carbonyl (C=O) groups excluding carboxylic acids is 2. The number of benzene rings is 1. The molecule has 2 heterocycles. The van der Waals surface area contributed by atoms with Crippen molar-refractivity contribution >= 4 is 17.5 Å². The number of amides is 2. The van der Waals surface area contributed by atoms with Gasteiger partial charge < -0.3 is 14.7 Å². The van der Waals surface area contributed by atoms with Crippen molar-refractivity contribution in [1.82, 2.24) is 9.80 Å². The zero-order chi connectivity index (χ0) is 19.4. The van der Waals surface area contributed by atoms with Crippen molar-refractivity contribution in [3.8, 4) is 0 Å². The van der Waals surface area contributed by atoms with E-state index in [0.29, 0.717) is 26.2 Å². The summed E-state index contributed by atoms with van der Waals surface area (Å²) < 4.78 is 13.1. The summed E-state index contributed by atoms with van der Waals surface area (Å²) in [6.45, 7) is 7.56. The van der Waals surface area contributed by atoms with E-state index in [-0.39, 0.29) is 17.6 Å². The van der Waals surface area contributed by atoms with E-state index >= 15 is 0 Å². The third kappa shape index (κ3) is 4.42. The average molecular weight is 375 g/mol. The Balaban J connectivity index is 1.60. The van der Waals surface area contributed by atoms with E-state index in [2.05, 4.69) is 4.90 Å². The quantitative estimate of drug-likeness (QED) is 0.763. The SMILES string of the molecule is CC(C)(C(=O)N1CCCCCC1)C(=O)N1CCN(c2ccc(F)cc2)CC1. The molecule has 148 valence electrons. The van der Waals surface area contributed by atoms with Gasteiger partial charge in [-0.05, 0) is 51.0 Å². The van der Waals surface area contributed by atoms with E-state index in [0.717, 1.165) is 44.5 Å². The van der Waals surface area contributed by atoms with Gasteiger partial charge in [0, 0.05) is 45.0 Å². The largest absolute Gasteiger partial charge is 0.368 e. The van der Waals surface area contributed by atoms with Crippen LogP contribution in [0.5, 0.6) is 0 Å². The van der Waals surface area contributed by atoms with Crippen molar-refractivity contribution < 1.29 is 14.0 Å². The highest BCUT2D eigenvalue weighted by Crippen LogP contribution is 2.26. The van der Waals surface area contributed by atoms with Gasteiger partial charge in [-0.1, -0.05) is 12.8 Å². The fraction of sp³-hybridized carbons (Fsp3) is 0.619. The van der Waals surface area contributed by atoms with Crippen LogP contribution in [0.25, 0.3) is 0 Å². The maximum atomic E-state index is 13.1. The Labute approximate surface area is 161 Å². The number of halogens is 1. The van der Waals surface area contributed by atoms with Crippen LogP contribution in [-0.4, -0.2) is 60.9 Å². The minimum atomic E-state index is -1.03. The maximum Gasteiger partial charge on any atom is 0.237 e. The Morgan fingerprint density at radius 1 is 0.778 bits per heavy atom. The summed E-state index contributed by atoms with van der Waals surface area (Å²) in [4.78, 5) is 31.9. The van der Waals surface area contributed by atoms with Gasteiger partial charge >= 0.3 is 0 Å². The van der Waals surface area contributed by atoms with Crippen LogP contribution >= 0.6 is 0 Å². The standard InChI is InChI=1S/C21H30FN3O2/c1-21(2,19(26)24-11-5-3-4-6-12-24)20(27)25-15-13-23(14-16-25)18-9-7-17(22)8-10-18/h7-10H,3-6,11-16H2,1-2H3. The number of hydrogen-bond donors (Lipinski definition) is 0. The Morgan fingerprint density at radius 3 is 1.78 bits per heavy atom. The molecule has 2 aliphatic heterocycles. The Hall–Kier alpha value is -2.11. The number of anilines is 1. The second-order valence-electron chi connectivity index (χ2n) is 8.09. The topological polar surface area (TPSA) is 43.9 Å². The summed E-state index contributed by atoms with van der Waals surface area (Å²) in [6.07, 6.45) is 4.35. The molecule has 6 heteroatoms. The minimum Gasteiger partial charge on any atom is -0.368 e. The normalized spacial score (nSPS) is 19.0. The highest BCUT2D eigenvalue weighted by molar-refractivity contribution is 6.04. The smallest absolute Gasteiger partial charge is 0.237 e. The highest BCUT2D eigenvalue weighted by atomic mass is 19.1. The molecule has 0 radical (unpaired) electrons. The minimum absolute atomic E-state index is 0.0460. The van der Waals surface area contributed by atoms with Crippen molar-refractivity contribution in [2.75, 3.05) is 44.2 Å². The molecule has 0 aromatic heterocycles. The molecule has 2 amide bonds. The first-order chi connectivity index (χ1) is 12.9. The van der Waals surface area contributed by atoms with Gasteiger partial charge in [0.25, 0.3) is 0 Å². The van der Waals surface area contributed by atoms with Gasteiger partial charge in [0.2, 0.25) is 11.8 Å². The summed E-state index contributed by atoms with van der Waals surface area (Å²) >= 11 is 0. The zero-order valence-corrected chi connectivity index (χ0v) is 16.4. The van der Waals surface area contributed by atoms with Gasteiger partial charge in [-0.3, -0.25) is 9.59 Å². The van der Waals surface area contributed by atoms with Gasteiger partial charge in [0.05, 0.1) is 0 Å². The lowest BCUT2D eigenvalue weighted by Crippen LogP contribution is -2.56. The average Bonchev–Trinajstić information content (AvgIpc) is 2.97. The van der Waals surface area contributed by atoms with E-state index in [1.165, 1.54) is 12.1 Å². The van der Waals surface area contributed by atoms with Crippen LogP contribution in [0.3, 0.4) is 0 Å². The summed E-state index contributed by atoms with van der Waals surface area (Å²) in [6, 6.07) is 6.44. The molecular weight excluding hydrogens is 345 g/mol. The molecule has 0 saturated carbocycles. The lowest BCUT2D eigenvalue weighted by Gasteiger charge is -2.40. The van der Waals surface area contributed by atoms with Crippen molar-refractivity contribution in [2.24, 2.45) is 5.41 Å². The van der Waals surface area contributed by atoms with Crippen molar-refractivity contribution in [1.29, 1.82) is 0 Å². The number of piperazine rings is 1. The van der Waals surface area contributed by atoms with E-state index in [1.807, 2.05) is 4.90 Å². The number of likely N-dealkylation sites (tertiary alicyclic amines) is 1. The molecule has 0 spiro atoms. The van der Waals surface area contributed by atoms with Crippen molar-refractivity contribution in [3.05, 3.63) is 30.1 Å². The third-order valence-corrected chi connectivity index (χ3v) is 5.72. The van der Waals surface area contributed by atoms with E-state index in [4.69, 9.17) is 0 Å². The van der Waals surface area contributed by atoms with Gasteiger partial charge in [0.1, 0.15) is 11.2 Å². The molecule has 2 aliphatic rings. The first-order valence-electron chi connectivity index (χ1n) is 9.99. The van der Waals surface area contributed by atoms with Crippen molar-refractivity contribution in [2.45, 2.75) is 39.5 Å². The second-order valence-corrected chi connectivity index (χ2v) is 8.09. The molecule has 0 atom stereocenters. The van der Waals surface area contributed by atoms with Crippen LogP contribution in [0, 0.1) is 11.2 Å². The van der Waals surface area contributed by atoms with E-state index in [9.17, 15) is 14.0 Å². The Kier molecular flexibility index (Phi) is 6.02. The van der Waals surface area contributed by atoms with Gasteiger partial charge in [-0.2, -0.15) is 0 Å². The molecule has 1 aromatic rings. The zero-order valence-electron chi connectivity index (χ0n) is 16.4. The summed E-state index contributed by atoms with van der Waals surface area (Å²) in [5, 5.41) is 0. The van der Waals surface area contributed by atoms with Crippen LogP contribution in [0.15, 0.2) is 24.3 Å². The highest BCUT2D eigenvalue weighted by Gasteiger charge is 2.42. The van der Waals surface area contributed by atoms with Crippen LogP contribution in [0.4, 0.5) is 10.1 Å². The van der Waals surface area contributed by atoms with Crippen LogP contribution in [-0.2, 0) is 9.59 Å². The predicted octanol–water partition coefficient (Wildman–Crippen LogP) is 2.90. The summed E-state index contributed by atoms with van der Waals surface area (Å²) in [5.74, 6) is -0.382. The molecule has 27 heavy (non-hydrogen) atoms. The lowest BCUT2D eigenvalue weighted by molar-refractivity contribution is -0.154. The fourth-order valence-corrected chi connectivity index (χ4v) is 3.98. The summed E-state index contributed by atoms with van der Waals surface area (Å²) in [7, 11) is 0. The first kappa shape index (κ1) is 19.6. The Bertz CT molecular complexity index is 659. The van der Waals surface area contributed by atoms with Crippen LogP contribution in [0.1, 0.15) is 39.5 Å². The van der Waals surface area contributed by atoms with Crippen molar-refractivity contribution in [3.63, 3.8) is 0 Å². The van der Waals surface area contributed by atoms with E-state index in [1.54, 1.807) is 30.9 Å². The molecule has 3 rings (SSSR count). The monoisotopic (exact) mass is 375 g/mol. The van der Waals surface area contributed by atoms with Crippen LogP contribution < -0.4 is 4.90 Å². The molecule has 2 saturated heterocycles. The van der Waals surface area contributed by atoms with Crippen LogP contribution in [0.2, 0.25) is 0 Å². The fourth-order valence-electron chi connectivity index (χ4n) is 3.98. The first-order valence-corrected chi connectivity index (χ1v) is 9.99. The lowest BCUT2D eigenvalue weighted by atomic mass is 9.89. The third-order valence-electron chi connectivity index (χ3n) is 5.72. The molecule has 0 unspecified atom stereocenters. The molecule has 5 nitrogen and oxygen atoms in total. The molecule has 0 aliphatic carbocycles. The number of rotatable bonds is 3. The molecule has 2 fully saturated rings.